The molecule has 94 valence electrons. The van der Waals surface area contributed by atoms with E-state index in [0.29, 0.717) is 0 Å². The Hall–Kier alpha value is -0.630. The summed E-state index contributed by atoms with van der Waals surface area (Å²) in [5, 5.41) is 10.9. The lowest BCUT2D eigenvalue weighted by atomic mass is 9.77. The van der Waals surface area contributed by atoms with E-state index in [1.807, 2.05) is 24.3 Å². The Morgan fingerprint density at radius 2 is 2.29 bits per heavy atom. The molecular weight excluding hydrogens is 233 g/mol. The van der Waals surface area contributed by atoms with Crippen molar-refractivity contribution >= 4 is 9.47 Å². The van der Waals surface area contributed by atoms with Gasteiger partial charge in [-0.2, -0.15) is 0 Å². The van der Waals surface area contributed by atoms with Crippen LogP contribution >= 0.6 is 9.47 Å². The topological polar surface area (TPSA) is 32.7 Å². The van der Waals surface area contributed by atoms with E-state index in [1.165, 1.54) is 0 Å². The molecule has 0 spiro atoms. The summed E-state index contributed by atoms with van der Waals surface area (Å²) in [4.78, 5) is 2.26. The maximum Gasteiger partial charge on any atom is 0.122 e. The first-order valence-corrected chi connectivity index (χ1v) is 6.41. The fourth-order valence-corrected chi connectivity index (χ4v) is 2.73. The highest BCUT2D eigenvalue weighted by Crippen LogP contribution is 2.38. The van der Waals surface area contributed by atoms with Crippen LogP contribution in [0.15, 0.2) is 24.3 Å². The predicted molar refractivity (Wildman–Crippen MR) is 72.0 cm³/mol. The van der Waals surface area contributed by atoms with Crippen LogP contribution in [0.3, 0.4) is 0 Å². The van der Waals surface area contributed by atoms with Gasteiger partial charge in [0.1, 0.15) is 5.75 Å². The Morgan fingerprint density at radius 1 is 1.53 bits per heavy atom. The number of likely N-dealkylation sites (tertiary alicyclic amines) is 1. The SMILES string of the molecule is C[C@H]1CN(C)CC[C@@]1(O)c1cccc(OP)c1. The third-order valence-corrected chi connectivity index (χ3v) is 4.02. The van der Waals surface area contributed by atoms with Gasteiger partial charge in [0.2, 0.25) is 0 Å². The molecule has 1 aliphatic heterocycles. The molecular formula is C13H20NO2P. The first-order chi connectivity index (χ1) is 8.06. The zero-order valence-corrected chi connectivity index (χ0v) is 11.5. The third kappa shape index (κ3) is 2.47. The molecule has 2 rings (SSSR count). The Bertz CT molecular complexity index is 399. The number of hydrogen-bond donors (Lipinski definition) is 1. The van der Waals surface area contributed by atoms with E-state index >= 15 is 0 Å². The van der Waals surface area contributed by atoms with Gasteiger partial charge in [0.15, 0.2) is 0 Å². The molecule has 3 atom stereocenters. The Balaban J connectivity index is 2.30. The van der Waals surface area contributed by atoms with Crippen LogP contribution in [-0.4, -0.2) is 30.1 Å². The molecule has 1 N–H and O–H groups in total. The normalized spacial score (nSPS) is 30.2. The van der Waals surface area contributed by atoms with Crippen molar-refractivity contribution in [1.29, 1.82) is 0 Å². The lowest BCUT2D eigenvalue weighted by Gasteiger charge is -2.42. The summed E-state index contributed by atoms with van der Waals surface area (Å²) in [5.74, 6) is 0.994. The average molecular weight is 253 g/mol. The molecule has 0 saturated carbocycles. The van der Waals surface area contributed by atoms with E-state index < -0.39 is 5.60 Å². The molecule has 17 heavy (non-hydrogen) atoms. The lowest BCUT2D eigenvalue weighted by Crippen LogP contribution is -2.47. The molecule has 1 aromatic rings. The Morgan fingerprint density at radius 3 is 2.94 bits per heavy atom. The number of aliphatic hydroxyl groups is 1. The third-order valence-electron chi connectivity index (χ3n) is 3.75. The van der Waals surface area contributed by atoms with E-state index in [1.54, 1.807) is 0 Å². The van der Waals surface area contributed by atoms with Crippen molar-refractivity contribution in [3.05, 3.63) is 29.8 Å². The van der Waals surface area contributed by atoms with Gasteiger partial charge >= 0.3 is 0 Å². The van der Waals surface area contributed by atoms with Gasteiger partial charge in [-0.25, -0.2) is 0 Å². The molecule has 1 heterocycles. The monoisotopic (exact) mass is 253 g/mol. The van der Waals surface area contributed by atoms with Gasteiger partial charge < -0.3 is 14.5 Å². The van der Waals surface area contributed by atoms with Crippen molar-refractivity contribution in [3.8, 4) is 5.75 Å². The van der Waals surface area contributed by atoms with Gasteiger partial charge in [-0.05, 0) is 31.2 Å². The minimum absolute atomic E-state index is 0.223. The summed E-state index contributed by atoms with van der Waals surface area (Å²) in [6.45, 7) is 3.94. The zero-order valence-electron chi connectivity index (χ0n) is 10.4. The van der Waals surface area contributed by atoms with Crippen LogP contribution in [-0.2, 0) is 5.60 Å². The van der Waals surface area contributed by atoms with Crippen molar-refractivity contribution in [3.63, 3.8) is 0 Å². The molecule has 3 nitrogen and oxygen atoms in total. The van der Waals surface area contributed by atoms with E-state index in [4.69, 9.17) is 4.52 Å². The van der Waals surface area contributed by atoms with Crippen LogP contribution in [0, 0.1) is 5.92 Å². The molecule has 1 unspecified atom stereocenters. The van der Waals surface area contributed by atoms with Gasteiger partial charge in [-0.15, -0.1) is 0 Å². The fourth-order valence-electron chi connectivity index (χ4n) is 2.59. The van der Waals surface area contributed by atoms with Crippen LogP contribution in [0.1, 0.15) is 18.9 Å². The van der Waals surface area contributed by atoms with Crippen molar-refractivity contribution in [1.82, 2.24) is 4.90 Å². The number of hydrogen-bond acceptors (Lipinski definition) is 3. The number of benzene rings is 1. The molecule has 4 heteroatoms. The molecule has 0 bridgehead atoms. The van der Waals surface area contributed by atoms with Crippen molar-refractivity contribution < 1.29 is 9.63 Å². The van der Waals surface area contributed by atoms with E-state index in [0.717, 1.165) is 30.8 Å². The summed E-state index contributed by atoms with van der Waals surface area (Å²) >= 11 is 0. The largest absolute Gasteiger partial charge is 0.480 e. The summed E-state index contributed by atoms with van der Waals surface area (Å²) in [6.07, 6.45) is 0.769. The van der Waals surface area contributed by atoms with Crippen LogP contribution < -0.4 is 4.52 Å². The van der Waals surface area contributed by atoms with E-state index in [9.17, 15) is 5.11 Å². The van der Waals surface area contributed by atoms with Crippen LogP contribution in [0.2, 0.25) is 0 Å². The molecule has 1 aliphatic rings. The second-order valence-electron chi connectivity index (χ2n) is 4.98. The quantitative estimate of drug-likeness (QED) is 0.818. The van der Waals surface area contributed by atoms with E-state index in [2.05, 4.69) is 28.3 Å². The first-order valence-electron chi connectivity index (χ1n) is 5.94. The highest BCUT2D eigenvalue weighted by Gasteiger charge is 2.39. The average Bonchev–Trinajstić information content (AvgIpc) is 2.34. The second-order valence-corrected chi connectivity index (χ2v) is 5.22. The summed E-state index contributed by atoms with van der Waals surface area (Å²) < 4.78 is 5.14. The van der Waals surface area contributed by atoms with E-state index in [-0.39, 0.29) is 5.92 Å². The number of piperidine rings is 1. The molecule has 1 aromatic carbocycles. The van der Waals surface area contributed by atoms with Crippen molar-refractivity contribution in [2.24, 2.45) is 5.92 Å². The van der Waals surface area contributed by atoms with Crippen LogP contribution in [0.4, 0.5) is 0 Å². The van der Waals surface area contributed by atoms with Gasteiger partial charge in [-0.1, -0.05) is 19.1 Å². The Labute approximate surface area is 105 Å². The highest BCUT2D eigenvalue weighted by molar-refractivity contribution is 7.10. The molecule has 1 fully saturated rings. The maximum atomic E-state index is 10.9. The fraction of sp³-hybridized carbons (Fsp3) is 0.538. The molecule has 1 saturated heterocycles. The summed E-state index contributed by atoms with van der Waals surface area (Å²) in [6, 6.07) is 7.72. The van der Waals surface area contributed by atoms with Gasteiger partial charge in [-0.3, -0.25) is 0 Å². The smallest absolute Gasteiger partial charge is 0.122 e. The minimum Gasteiger partial charge on any atom is -0.480 e. The standard InChI is InChI=1S/C13H20NO2P/c1-10-9-14(2)7-6-13(10,15)11-4-3-5-12(8-11)16-17/h3-5,8,10,15H,6-7,9,17H2,1-2H3/t10-,13-/m0/s1. The minimum atomic E-state index is -0.730. The van der Waals surface area contributed by atoms with Gasteiger partial charge in [0.05, 0.1) is 15.1 Å². The van der Waals surface area contributed by atoms with Crippen molar-refractivity contribution in [2.45, 2.75) is 18.9 Å². The number of rotatable bonds is 2. The molecule has 0 amide bonds. The molecule has 0 radical (unpaired) electrons. The van der Waals surface area contributed by atoms with Gasteiger partial charge in [0.25, 0.3) is 0 Å². The predicted octanol–water partition coefficient (Wildman–Crippen LogP) is 2.01. The maximum absolute atomic E-state index is 10.9. The highest BCUT2D eigenvalue weighted by atomic mass is 31.0. The molecule has 0 aromatic heterocycles. The first kappa shape index (κ1) is 12.8. The summed E-state index contributed by atoms with van der Waals surface area (Å²) in [5.41, 5.74) is 0.226. The number of nitrogens with zero attached hydrogens (tertiary/aromatic N) is 1. The Kier molecular flexibility index (Phi) is 3.72. The summed E-state index contributed by atoms with van der Waals surface area (Å²) in [7, 11) is 4.33. The van der Waals surface area contributed by atoms with Crippen LogP contribution in [0.5, 0.6) is 5.75 Å². The lowest BCUT2D eigenvalue weighted by molar-refractivity contribution is -0.0660. The van der Waals surface area contributed by atoms with Crippen LogP contribution in [0.25, 0.3) is 0 Å². The molecule has 0 aliphatic carbocycles. The van der Waals surface area contributed by atoms with Crippen molar-refractivity contribution in [2.75, 3.05) is 20.1 Å². The second kappa shape index (κ2) is 4.93. The zero-order chi connectivity index (χ0) is 12.5. The van der Waals surface area contributed by atoms with Gasteiger partial charge in [0, 0.05) is 19.0 Å².